The lowest BCUT2D eigenvalue weighted by Gasteiger charge is -2.06. The Morgan fingerprint density at radius 3 is 2.45 bits per heavy atom. The molecule has 2 aromatic carbocycles. The lowest BCUT2D eigenvalue weighted by molar-refractivity contribution is -0.605. The fraction of sp³-hybridized carbons (Fsp3) is 0.280. The molecule has 31 heavy (non-hydrogen) atoms. The number of fused-ring (bicyclic) bond motifs is 1. The van der Waals surface area contributed by atoms with Gasteiger partial charge in [0.15, 0.2) is 5.69 Å². The minimum Gasteiger partial charge on any atom is -0.281 e. The van der Waals surface area contributed by atoms with Crippen LogP contribution in [0.3, 0.4) is 0 Å². The Kier molecular flexibility index (Phi) is 5.06. The number of benzene rings is 2. The highest BCUT2D eigenvalue weighted by molar-refractivity contribution is 6.30. The predicted octanol–water partition coefficient (Wildman–Crippen LogP) is 4.61. The number of rotatable bonds is 3. The molecule has 0 unspecified atom stereocenters. The first-order valence-electron chi connectivity index (χ1n) is 10.8. The van der Waals surface area contributed by atoms with Gasteiger partial charge in [-0.2, -0.15) is 4.57 Å². The summed E-state index contributed by atoms with van der Waals surface area (Å²) >= 11 is 6.13. The van der Waals surface area contributed by atoms with Crippen molar-refractivity contribution >= 4 is 11.6 Å². The summed E-state index contributed by atoms with van der Waals surface area (Å²) in [7, 11) is 1.95. The summed E-state index contributed by atoms with van der Waals surface area (Å²) < 4.78 is 8.21. The zero-order valence-corrected chi connectivity index (χ0v) is 18.6. The number of aromatic nitrogens is 4. The molecule has 0 radical (unpaired) electrons. The molecule has 0 saturated carbocycles. The standard InChI is InChI=1S/C25H26ClN4O/c1-18-24(25(31)30(27(18)2)21-9-5-3-6-10-21)29-17-22(19-12-14-20(26)15-13-19)28-16-8-4-7-11-23(28)29/h3,5-6,9-10,12-15,17H,4,7-8,11,16H2,1-2H3/q+1. The molecule has 0 fully saturated rings. The maximum absolute atomic E-state index is 13.7. The lowest BCUT2D eigenvalue weighted by Crippen LogP contribution is -2.40. The Bertz CT molecular complexity index is 1300. The molecule has 5 nitrogen and oxygen atoms in total. The van der Waals surface area contributed by atoms with Crippen LogP contribution in [0, 0.1) is 6.92 Å². The molecule has 0 saturated heterocycles. The van der Waals surface area contributed by atoms with Gasteiger partial charge in [0.1, 0.15) is 6.20 Å². The van der Waals surface area contributed by atoms with Crippen LogP contribution in [0.1, 0.15) is 30.8 Å². The zero-order chi connectivity index (χ0) is 21.5. The highest BCUT2D eigenvalue weighted by atomic mass is 35.5. The Morgan fingerprint density at radius 2 is 1.71 bits per heavy atom. The van der Waals surface area contributed by atoms with E-state index in [2.05, 4.69) is 27.5 Å². The van der Waals surface area contributed by atoms with Crippen molar-refractivity contribution in [2.45, 2.75) is 39.2 Å². The highest BCUT2D eigenvalue weighted by Crippen LogP contribution is 2.26. The van der Waals surface area contributed by atoms with Gasteiger partial charge in [0.25, 0.3) is 5.82 Å². The molecular formula is C25H26ClN4O+. The van der Waals surface area contributed by atoms with Gasteiger partial charge in [-0.15, -0.1) is 0 Å². The Hall–Kier alpha value is -3.05. The van der Waals surface area contributed by atoms with Gasteiger partial charge < -0.3 is 0 Å². The second-order valence-corrected chi connectivity index (χ2v) is 8.62. The van der Waals surface area contributed by atoms with Gasteiger partial charge in [-0.1, -0.05) is 29.8 Å². The molecule has 0 N–H and O–H groups in total. The van der Waals surface area contributed by atoms with E-state index in [1.54, 1.807) is 4.68 Å². The first-order chi connectivity index (χ1) is 15.1. The van der Waals surface area contributed by atoms with Crippen molar-refractivity contribution in [2.75, 3.05) is 0 Å². The minimum absolute atomic E-state index is 0.00324. The summed E-state index contributed by atoms with van der Waals surface area (Å²) in [6.45, 7) is 2.98. The summed E-state index contributed by atoms with van der Waals surface area (Å²) in [4.78, 5) is 13.7. The van der Waals surface area contributed by atoms with Crippen molar-refractivity contribution in [3.63, 3.8) is 0 Å². The number of nitrogens with zero attached hydrogens (tertiary/aromatic N) is 4. The van der Waals surface area contributed by atoms with Crippen LogP contribution in [0.4, 0.5) is 0 Å². The van der Waals surface area contributed by atoms with Crippen LogP contribution >= 0.6 is 11.6 Å². The van der Waals surface area contributed by atoms with E-state index in [4.69, 9.17) is 11.6 Å². The Labute approximate surface area is 186 Å². The van der Waals surface area contributed by atoms with Gasteiger partial charge in [0.2, 0.25) is 5.69 Å². The topological polar surface area (TPSA) is 35.7 Å². The Morgan fingerprint density at radius 1 is 0.968 bits per heavy atom. The van der Waals surface area contributed by atoms with Crippen LogP contribution in [0.25, 0.3) is 22.6 Å². The van der Waals surface area contributed by atoms with Crippen LogP contribution in [0.2, 0.25) is 5.02 Å². The van der Waals surface area contributed by atoms with E-state index in [0.29, 0.717) is 0 Å². The fourth-order valence-corrected chi connectivity index (χ4v) is 4.77. The Balaban J connectivity index is 1.75. The van der Waals surface area contributed by atoms with Crippen molar-refractivity contribution < 1.29 is 4.57 Å². The van der Waals surface area contributed by atoms with Crippen LogP contribution in [-0.2, 0) is 20.0 Å². The first-order valence-corrected chi connectivity index (χ1v) is 11.2. The molecule has 0 aliphatic carbocycles. The van der Waals surface area contributed by atoms with Gasteiger partial charge >= 0.3 is 5.56 Å². The highest BCUT2D eigenvalue weighted by Gasteiger charge is 2.31. The number of imidazole rings is 1. The molecule has 3 heterocycles. The SMILES string of the molecule is Cc1c(-[n+]2cc(-c3ccc(Cl)cc3)n3c2CCCCC3)c(=O)n(-c2ccccc2)n1C. The second kappa shape index (κ2) is 7.89. The maximum Gasteiger partial charge on any atom is 0.319 e. The second-order valence-electron chi connectivity index (χ2n) is 8.18. The van der Waals surface area contributed by atoms with Crippen molar-refractivity contribution in [3.05, 3.63) is 87.7 Å². The van der Waals surface area contributed by atoms with E-state index in [1.807, 2.05) is 61.1 Å². The molecule has 1 aliphatic rings. The third-order valence-corrected chi connectivity index (χ3v) is 6.57. The summed E-state index contributed by atoms with van der Waals surface area (Å²) in [6.07, 6.45) is 6.55. The molecule has 6 heteroatoms. The van der Waals surface area contributed by atoms with Crippen LogP contribution in [0.5, 0.6) is 0 Å². The van der Waals surface area contributed by atoms with Crippen LogP contribution in [0.15, 0.2) is 65.6 Å². The van der Waals surface area contributed by atoms with Gasteiger partial charge in [-0.3, -0.25) is 9.48 Å². The summed E-state index contributed by atoms with van der Waals surface area (Å²) in [5.41, 5.74) is 4.77. The molecule has 4 aromatic rings. The summed E-state index contributed by atoms with van der Waals surface area (Å²) in [6, 6.07) is 17.8. The van der Waals surface area contributed by atoms with Gasteiger partial charge in [0, 0.05) is 24.1 Å². The normalized spacial score (nSPS) is 13.8. The van der Waals surface area contributed by atoms with E-state index in [-0.39, 0.29) is 5.56 Å². The van der Waals surface area contributed by atoms with E-state index >= 15 is 0 Å². The van der Waals surface area contributed by atoms with E-state index in [0.717, 1.165) is 59.2 Å². The predicted molar refractivity (Wildman–Crippen MR) is 123 cm³/mol. The molecule has 0 amide bonds. The monoisotopic (exact) mass is 433 g/mol. The number of para-hydroxylation sites is 1. The minimum atomic E-state index is -0.00324. The fourth-order valence-electron chi connectivity index (χ4n) is 4.65. The molecule has 0 spiro atoms. The largest absolute Gasteiger partial charge is 0.319 e. The van der Waals surface area contributed by atoms with Crippen LogP contribution < -0.4 is 10.1 Å². The average Bonchev–Trinajstić information content (AvgIpc) is 3.09. The molecule has 2 aromatic heterocycles. The molecule has 5 rings (SSSR count). The smallest absolute Gasteiger partial charge is 0.281 e. The molecule has 0 bridgehead atoms. The average molecular weight is 434 g/mol. The van der Waals surface area contributed by atoms with E-state index in [9.17, 15) is 4.79 Å². The van der Waals surface area contributed by atoms with E-state index in [1.165, 1.54) is 12.2 Å². The van der Waals surface area contributed by atoms with Gasteiger partial charge in [0.05, 0.1) is 17.9 Å². The number of hydrogen-bond acceptors (Lipinski definition) is 1. The summed E-state index contributed by atoms with van der Waals surface area (Å²) in [5.74, 6) is 1.19. The first kappa shape index (κ1) is 19.9. The zero-order valence-electron chi connectivity index (χ0n) is 17.9. The quantitative estimate of drug-likeness (QED) is 0.434. The molecule has 1 aliphatic heterocycles. The van der Waals surface area contributed by atoms with E-state index < -0.39 is 0 Å². The molecular weight excluding hydrogens is 408 g/mol. The third-order valence-electron chi connectivity index (χ3n) is 6.32. The number of hydrogen-bond donors (Lipinski definition) is 0. The van der Waals surface area contributed by atoms with Gasteiger partial charge in [-0.25, -0.2) is 9.25 Å². The molecule has 158 valence electrons. The van der Waals surface area contributed by atoms with Crippen molar-refractivity contribution in [3.8, 4) is 22.6 Å². The molecule has 0 atom stereocenters. The van der Waals surface area contributed by atoms with Gasteiger partial charge in [-0.05, 0) is 62.6 Å². The maximum atomic E-state index is 13.7. The van der Waals surface area contributed by atoms with Crippen molar-refractivity contribution in [1.82, 2.24) is 13.9 Å². The summed E-state index contributed by atoms with van der Waals surface area (Å²) in [5, 5.41) is 0.726. The number of halogens is 1. The van der Waals surface area contributed by atoms with Crippen LogP contribution in [-0.4, -0.2) is 13.9 Å². The van der Waals surface area contributed by atoms with Crippen molar-refractivity contribution in [1.29, 1.82) is 0 Å². The van der Waals surface area contributed by atoms with Crippen molar-refractivity contribution in [2.24, 2.45) is 7.05 Å². The third kappa shape index (κ3) is 3.33. The lowest BCUT2D eigenvalue weighted by atomic mass is 10.1.